The summed E-state index contributed by atoms with van der Waals surface area (Å²) in [6.07, 6.45) is 4.46. The first kappa shape index (κ1) is 9.54. The van der Waals surface area contributed by atoms with Crippen LogP contribution in [-0.2, 0) is 0 Å². The lowest BCUT2D eigenvalue weighted by Gasteiger charge is -2.36. The summed E-state index contributed by atoms with van der Waals surface area (Å²) < 4.78 is 0. The lowest BCUT2D eigenvalue weighted by atomic mass is 9.71. The van der Waals surface area contributed by atoms with E-state index in [0.29, 0.717) is 0 Å². The van der Waals surface area contributed by atoms with E-state index in [9.17, 15) is 5.11 Å². The van der Waals surface area contributed by atoms with Crippen LogP contribution in [-0.4, -0.2) is 10.7 Å². The summed E-state index contributed by atoms with van der Waals surface area (Å²) >= 11 is 0. The van der Waals surface area contributed by atoms with Gasteiger partial charge in [0.2, 0.25) is 0 Å². The number of rotatable bonds is 2. The zero-order valence-electron chi connectivity index (χ0n) is 7.93. The van der Waals surface area contributed by atoms with Gasteiger partial charge in [-0.15, -0.1) is 0 Å². The summed E-state index contributed by atoms with van der Waals surface area (Å²) in [5, 5.41) is 19.2. The second-order valence-electron chi connectivity index (χ2n) is 4.04. The van der Waals surface area contributed by atoms with Gasteiger partial charge in [-0.25, -0.2) is 0 Å². The minimum atomic E-state index is -0.712. The van der Waals surface area contributed by atoms with E-state index in [1.165, 1.54) is 0 Å². The van der Waals surface area contributed by atoms with Crippen LogP contribution in [0.2, 0.25) is 0 Å². The highest BCUT2D eigenvalue weighted by Crippen LogP contribution is 2.45. The number of aliphatic hydroxyl groups is 1. The van der Waals surface area contributed by atoms with Gasteiger partial charge in [0.05, 0.1) is 17.1 Å². The molecule has 0 amide bonds. The van der Waals surface area contributed by atoms with Crippen LogP contribution >= 0.6 is 0 Å². The van der Waals surface area contributed by atoms with Crippen molar-refractivity contribution < 1.29 is 5.11 Å². The Morgan fingerprint density at radius 3 is 2.33 bits per heavy atom. The van der Waals surface area contributed by atoms with E-state index in [2.05, 4.69) is 6.07 Å². The van der Waals surface area contributed by atoms with Crippen LogP contribution in [0, 0.1) is 16.7 Å². The molecule has 2 nitrogen and oxygen atoms in total. The maximum atomic E-state index is 10.2. The molecule has 1 aliphatic rings. The minimum absolute atomic E-state index is 0.538. The highest BCUT2D eigenvalue weighted by molar-refractivity contribution is 5.09. The van der Waals surface area contributed by atoms with E-state index in [4.69, 9.17) is 5.26 Å². The van der Waals surface area contributed by atoms with Gasteiger partial charge in [-0.3, -0.25) is 0 Å². The lowest BCUT2D eigenvalue weighted by molar-refractivity contribution is -0.0426. The Morgan fingerprint density at radius 2 is 2.00 bits per heavy atom. The molecule has 1 fully saturated rings. The fraction of sp³-hybridized carbons (Fsp3) is 0.900. The third-order valence-corrected chi connectivity index (χ3v) is 3.41. The molecule has 1 rings (SSSR count). The van der Waals surface area contributed by atoms with Crippen molar-refractivity contribution in [2.45, 2.75) is 51.6 Å². The molecule has 12 heavy (non-hydrogen) atoms. The van der Waals surface area contributed by atoms with Gasteiger partial charge in [0, 0.05) is 0 Å². The molecule has 0 saturated heterocycles. The van der Waals surface area contributed by atoms with Crippen LogP contribution in [0.25, 0.3) is 0 Å². The predicted octanol–water partition coefficient (Wildman–Crippen LogP) is 2.23. The average molecular weight is 167 g/mol. The lowest BCUT2D eigenvalue weighted by Crippen LogP contribution is -2.42. The summed E-state index contributed by atoms with van der Waals surface area (Å²) in [7, 11) is 0. The fourth-order valence-corrected chi connectivity index (χ4v) is 2.02. The Bertz CT molecular complexity index is 200. The Kier molecular flexibility index (Phi) is 2.44. The van der Waals surface area contributed by atoms with E-state index in [-0.39, 0.29) is 0 Å². The maximum absolute atomic E-state index is 10.2. The molecule has 0 bridgehead atoms. The molecule has 0 heterocycles. The van der Waals surface area contributed by atoms with Gasteiger partial charge < -0.3 is 5.11 Å². The third-order valence-electron chi connectivity index (χ3n) is 3.41. The quantitative estimate of drug-likeness (QED) is 0.685. The molecule has 0 aromatic heterocycles. The summed E-state index contributed by atoms with van der Waals surface area (Å²) in [5.74, 6) is 0. The first-order chi connectivity index (χ1) is 5.58. The SMILES string of the molecule is CCC(C)(C#N)C1(O)CCCC1. The van der Waals surface area contributed by atoms with Crippen molar-refractivity contribution >= 4 is 0 Å². The topological polar surface area (TPSA) is 44.0 Å². The van der Waals surface area contributed by atoms with Crippen LogP contribution < -0.4 is 0 Å². The molecule has 0 aromatic rings. The maximum Gasteiger partial charge on any atom is 0.0830 e. The Hall–Kier alpha value is -0.550. The zero-order chi connectivity index (χ0) is 9.24. The molecule has 1 aliphatic carbocycles. The standard InChI is InChI=1S/C10H17NO/c1-3-9(2,8-11)10(12)6-4-5-7-10/h12H,3-7H2,1-2H3. The van der Waals surface area contributed by atoms with Crippen LogP contribution in [0.4, 0.5) is 0 Å². The van der Waals surface area contributed by atoms with Crippen LogP contribution in [0.3, 0.4) is 0 Å². The van der Waals surface area contributed by atoms with E-state index in [0.717, 1.165) is 32.1 Å². The molecule has 1 saturated carbocycles. The Balaban J connectivity index is 2.85. The first-order valence-electron chi connectivity index (χ1n) is 4.71. The van der Waals surface area contributed by atoms with Crippen LogP contribution in [0.15, 0.2) is 0 Å². The normalized spacial score (nSPS) is 26.2. The van der Waals surface area contributed by atoms with E-state index in [1.807, 2.05) is 13.8 Å². The molecular formula is C10H17NO. The van der Waals surface area contributed by atoms with Crippen molar-refractivity contribution in [1.82, 2.24) is 0 Å². The molecule has 1 N–H and O–H groups in total. The molecular weight excluding hydrogens is 150 g/mol. The van der Waals surface area contributed by atoms with Crippen molar-refractivity contribution in [3.8, 4) is 6.07 Å². The summed E-state index contributed by atoms with van der Waals surface area (Å²) in [6.45, 7) is 3.85. The summed E-state index contributed by atoms with van der Waals surface area (Å²) in [6, 6.07) is 2.26. The number of nitriles is 1. The first-order valence-corrected chi connectivity index (χ1v) is 4.71. The van der Waals surface area contributed by atoms with Crippen molar-refractivity contribution in [2.75, 3.05) is 0 Å². The number of hydrogen-bond acceptors (Lipinski definition) is 2. The Labute approximate surface area is 74.2 Å². The van der Waals surface area contributed by atoms with Gasteiger partial charge in [-0.1, -0.05) is 19.8 Å². The molecule has 0 aliphatic heterocycles. The smallest absolute Gasteiger partial charge is 0.0830 e. The zero-order valence-corrected chi connectivity index (χ0v) is 7.93. The highest BCUT2D eigenvalue weighted by atomic mass is 16.3. The van der Waals surface area contributed by atoms with Crippen molar-refractivity contribution in [3.63, 3.8) is 0 Å². The third kappa shape index (κ3) is 1.23. The largest absolute Gasteiger partial charge is 0.388 e. The predicted molar refractivity (Wildman–Crippen MR) is 47.4 cm³/mol. The molecule has 0 aromatic carbocycles. The monoisotopic (exact) mass is 167 g/mol. The van der Waals surface area contributed by atoms with Gasteiger partial charge >= 0.3 is 0 Å². The van der Waals surface area contributed by atoms with Crippen molar-refractivity contribution in [3.05, 3.63) is 0 Å². The summed E-state index contributed by atoms with van der Waals surface area (Å²) in [4.78, 5) is 0. The second kappa shape index (κ2) is 3.06. The minimum Gasteiger partial charge on any atom is -0.388 e. The van der Waals surface area contributed by atoms with E-state index in [1.54, 1.807) is 0 Å². The number of nitrogens with zero attached hydrogens (tertiary/aromatic N) is 1. The summed E-state index contributed by atoms with van der Waals surface area (Å²) in [5.41, 5.74) is -1.25. The molecule has 68 valence electrons. The van der Waals surface area contributed by atoms with Gasteiger partial charge in [0.25, 0.3) is 0 Å². The highest BCUT2D eigenvalue weighted by Gasteiger charge is 2.47. The Morgan fingerprint density at radius 1 is 1.50 bits per heavy atom. The van der Waals surface area contributed by atoms with Gasteiger partial charge in [-0.05, 0) is 26.2 Å². The molecule has 2 heteroatoms. The van der Waals surface area contributed by atoms with Crippen LogP contribution in [0.1, 0.15) is 46.0 Å². The second-order valence-corrected chi connectivity index (χ2v) is 4.04. The van der Waals surface area contributed by atoms with Crippen LogP contribution in [0.5, 0.6) is 0 Å². The molecule has 1 atom stereocenters. The van der Waals surface area contributed by atoms with Gasteiger partial charge in [0.15, 0.2) is 0 Å². The molecule has 0 radical (unpaired) electrons. The fourth-order valence-electron chi connectivity index (χ4n) is 2.02. The number of hydrogen-bond donors (Lipinski definition) is 1. The van der Waals surface area contributed by atoms with E-state index >= 15 is 0 Å². The molecule has 1 unspecified atom stereocenters. The molecule has 0 spiro atoms. The van der Waals surface area contributed by atoms with E-state index < -0.39 is 11.0 Å². The van der Waals surface area contributed by atoms with Gasteiger partial charge in [-0.2, -0.15) is 5.26 Å². The van der Waals surface area contributed by atoms with Gasteiger partial charge in [0.1, 0.15) is 0 Å². The van der Waals surface area contributed by atoms with Crippen molar-refractivity contribution in [1.29, 1.82) is 5.26 Å². The van der Waals surface area contributed by atoms with Crippen molar-refractivity contribution in [2.24, 2.45) is 5.41 Å². The average Bonchev–Trinajstić information content (AvgIpc) is 2.52.